The summed E-state index contributed by atoms with van der Waals surface area (Å²) in [4.78, 5) is 0. The Kier molecular flexibility index (Phi) is 2.53. The first-order valence-corrected chi connectivity index (χ1v) is 5.92. The van der Waals surface area contributed by atoms with Crippen LogP contribution in [-0.4, -0.2) is 0 Å². The number of halogens is 2. The van der Waals surface area contributed by atoms with Crippen molar-refractivity contribution in [2.75, 3.05) is 0 Å². The van der Waals surface area contributed by atoms with Crippen LogP contribution in [0.3, 0.4) is 0 Å². The Hall–Kier alpha value is -0.920. The van der Waals surface area contributed by atoms with Crippen molar-refractivity contribution in [3.63, 3.8) is 0 Å². The summed E-state index contributed by atoms with van der Waals surface area (Å²) in [5.41, 5.74) is 1.43. The number of hydrogen-bond donors (Lipinski definition) is 0. The summed E-state index contributed by atoms with van der Waals surface area (Å²) in [5, 5.41) is 11.4. The van der Waals surface area contributed by atoms with Crippen LogP contribution in [0.2, 0.25) is 0 Å². The molecule has 70 valence electrons. The molecule has 1 aromatic heterocycles. The van der Waals surface area contributed by atoms with Crippen LogP contribution in [-0.2, 0) is 5.33 Å². The maximum absolute atomic E-state index is 13.4. The summed E-state index contributed by atoms with van der Waals surface area (Å²) in [6.45, 7) is 0. The molecule has 0 saturated carbocycles. The minimum atomic E-state index is -0.239. The van der Waals surface area contributed by atoms with Gasteiger partial charge in [0.05, 0.1) is 10.3 Å². The predicted octanol–water partition coefficient (Wildman–Crippen LogP) is 3.81. The lowest BCUT2D eigenvalue weighted by Crippen LogP contribution is -1.83. The molecule has 1 heterocycles. The Morgan fingerprint density at radius 2 is 2.29 bits per heavy atom. The zero-order valence-corrected chi connectivity index (χ0v) is 9.45. The van der Waals surface area contributed by atoms with E-state index in [-0.39, 0.29) is 5.82 Å². The van der Waals surface area contributed by atoms with Crippen LogP contribution >= 0.6 is 27.3 Å². The second kappa shape index (κ2) is 3.68. The zero-order chi connectivity index (χ0) is 10.1. The summed E-state index contributed by atoms with van der Waals surface area (Å²) >= 11 is 4.58. The van der Waals surface area contributed by atoms with E-state index in [1.165, 1.54) is 16.7 Å². The van der Waals surface area contributed by atoms with Gasteiger partial charge >= 0.3 is 0 Å². The highest BCUT2D eigenvalue weighted by molar-refractivity contribution is 9.08. The van der Waals surface area contributed by atoms with Crippen LogP contribution in [0.4, 0.5) is 4.39 Å². The number of alkyl halides is 1. The van der Waals surface area contributed by atoms with Gasteiger partial charge in [-0.3, -0.25) is 0 Å². The van der Waals surface area contributed by atoms with Crippen LogP contribution in [0.1, 0.15) is 11.1 Å². The SMILES string of the molecule is N#Cc1ccc(CBr)c2c(F)csc12. The van der Waals surface area contributed by atoms with Gasteiger partial charge in [-0.15, -0.1) is 11.3 Å². The van der Waals surface area contributed by atoms with Crippen LogP contribution in [0.15, 0.2) is 17.5 Å². The monoisotopic (exact) mass is 269 g/mol. The molecular formula is C10H5BrFNS. The van der Waals surface area contributed by atoms with Crippen LogP contribution in [0.25, 0.3) is 10.1 Å². The van der Waals surface area contributed by atoms with E-state index in [4.69, 9.17) is 5.26 Å². The Bertz CT molecular complexity index is 527. The molecule has 1 aromatic carbocycles. The minimum absolute atomic E-state index is 0.239. The lowest BCUT2D eigenvalue weighted by molar-refractivity contribution is 0.643. The molecule has 4 heteroatoms. The Balaban J connectivity index is 2.89. The molecule has 2 rings (SSSR count). The van der Waals surface area contributed by atoms with Crippen molar-refractivity contribution in [2.24, 2.45) is 0 Å². The van der Waals surface area contributed by atoms with Gasteiger partial charge in [0.2, 0.25) is 0 Å². The highest BCUT2D eigenvalue weighted by Gasteiger charge is 2.11. The number of benzene rings is 1. The first-order valence-electron chi connectivity index (χ1n) is 3.92. The lowest BCUT2D eigenvalue weighted by atomic mass is 10.1. The molecule has 0 amide bonds. The van der Waals surface area contributed by atoms with Gasteiger partial charge in [-0.05, 0) is 11.6 Å². The fourth-order valence-corrected chi connectivity index (χ4v) is 2.77. The second-order valence-corrected chi connectivity index (χ2v) is 4.25. The van der Waals surface area contributed by atoms with E-state index in [0.29, 0.717) is 16.3 Å². The average molecular weight is 270 g/mol. The molecule has 0 aliphatic heterocycles. The molecule has 0 bridgehead atoms. The van der Waals surface area contributed by atoms with Crippen molar-refractivity contribution >= 4 is 37.4 Å². The molecule has 14 heavy (non-hydrogen) atoms. The number of thiophene rings is 1. The highest BCUT2D eigenvalue weighted by atomic mass is 79.9. The van der Waals surface area contributed by atoms with E-state index in [1.54, 1.807) is 12.1 Å². The number of nitriles is 1. The average Bonchev–Trinajstić information content (AvgIpc) is 2.60. The second-order valence-electron chi connectivity index (χ2n) is 2.81. The summed E-state index contributed by atoms with van der Waals surface area (Å²) < 4.78 is 14.1. The first kappa shape index (κ1) is 9.63. The number of rotatable bonds is 1. The van der Waals surface area contributed by atoms with Gasteiger partial charge in [-0.1, -0.05) is 22.0 Å². The van der Waals surface area contributed by atoms with E-state index in [0.717, 1.165) is 10.3 Å². The number of hydrogen-bond acceptors (Lipinski definition) is 2. The smallest absolute Gasteiger partial charge is 0.142 e. The standard InChI is InChI=1S/C10H5BrFNS/c11-3-6-1-2-7(4-13)10-9(6)8(12)5-14-10/h1-2,5H,3H2. The summed E-state index contributed by atoms with van der Waals surface area (Å²) in [7, 11) is 0. The third kappa shape index (κ3) is 1.33. The van der Waals surface area contributed by atoms with Gasteiger partial charge in [0.15, 0.2) is 0 Å². The molecule has 0 N–H and O–H groups in total. The lowest BCUT2D eigenvalue weighted by Gasteiger charge is -1.99. The molecule has 0 fully saturated rings. The zero-order valence-electron chi connectivity index (χ0n) is 7.05. The maximum Gasteiger partial charge on any atom is 0.142 e. The number of fused-ring (bicyclic) bond motifs is 1. The van der Waals surface area contributed by atoms with Gasteiger partial charge in [-0.2, -0.15) is 5.26 Å². The summed E-state index contributed by atoms with van der Waals surface area (Å²) in [5.74, 6) is -0.239. The fourth-order valence-electron chi connectivity index (χ4n) is 1.38. The van der Waals surface area contributed by atoms with Crippen molar-refractivity contribution < 1.29 is 4.39 Å². The van der Waals surface area contributed by atoms with E-state index >= 15 is 0 Å². The molecular weight excluding hydrogens is 265 g/mol. The van der Waals surface area contributed by atoms with Crippen LogP contribution in [0, 0.1) is 17.1 Å². The maximum atomic E-state index is 13.4. The van der Waals surface area contributed by atoms with E-state index in [1.807, 2.05) is 0 Å². The van der Waals surface area contributed by atoms with E-state index < -0.39 is 0 Å². The van der Waals surface area contributed by atoms with Gasteiger partial charge in [0.1, 0.15) is 11.9 Å². The summed E-state index contributed by atoms with van der Waals surface area (Å²) in [6.07, 6.45) is 0. The number of nitrogens with zero attached hydrogens (tertiary/aromatic N) is 1. The molecule has 0 spiro atoms. The molecule has 1 nitrogen and oxygen atoms in total. The predicted molar refractivity (Wildman–Crippen MR) is 59.1 cm³/mol. The third-order valence-electron chi connectivity index (χ3n) is 2.03. The Morgan fingerprint density at radius 3 is 2.93 bits per heavy atom. The normalized spacial score (nSPS) is 10.4. The Labute approximate surface area is 92.9 Å². The van der Waals surface area contributed by atoms with Gasteiger partial charge in [0.25, 0.3) is 0 Å². The van der Waals surface area contributed by atoms with Crippen molar-refractivity contribution in [3.8, 4) is 6.07 Å². The topological polar surface area (TPSA) is 23.8 Å². The van der Waals surface area contributed by atoms with Crippen molar-refractivity contribution in [1.29, 1.82) is 5.26 Å². The molecule has 0 atom stereocenters. The third-order valence-corrected chi connectivity index (χ3v) is 3.62. The molecule has 0 radical (unpaired) electrons. The van der Waals surface area contributed by atoms with E-state index in [2.05, 4.69) is 22.0 Å². The quantitative estimate of drug-likeness (QED) is 0.723. The van der Waals surface area contributed by atoms with E-state index in [9.17, 15) is 4.39 Å². The van der Waals surface area contributed by atoms with Gasteiger partial charge in [0, 0.05) is 16.1 Å². The van der Waals surface area contributed by atoms with Crippen molar-refractivity contribution in [2.45, 2.75) is 5.33 Å². The largest absolute Gasteiger partial charge is 0.205 e. The van der Waals surface area contributed by atoms with Gasteiger partial charge < -0.3 is 0 Å². The molecule has 0 unspecified atom stereocenters. The summed E-state index contributed by atoms with van der Waals surface area (Å²) in [6, 6.07) is 5.58. The highest BCUT2D eigenvalue weighted by Crippen LogP contribution is 2.31. The molecule has 0 aliphatic carbocycles. The van der Waals surface area contributed by atoms with Crippen molar-refractivity contribution in [3.05, 3.63) is 34.5 Å². The minimum Gasteiger partial charge on any atom is -0.205 e. The van der Waals surface area contributed by atoms with Crippen molar-refractivity contribution in [1.82, 2.24) is 0 Å². The first-order chi connectivity index (χ1) is 6.77. The van der Waals surface area contributed by atoms with Crippen LogP contribution < -0.4 is 0 Å². The van der Waals surface area contributed by atoms with Gasteiger partial charge in [-0.25, -0.2) is 4.39 Å². The van der Waals surface area contributed by atoms with Crippen LogP contribution in [0.5, 0.6) is 0 Å². The fraction of sp³-hybridized carbons (Fsp3) is 0.100. The molecule has 2 aromatic rings. The molecule has 0 aliphatic rings. The molecule has 0 saturated heterocycles. The Morgan fingerprint density at radius 1 is 1.50 bits per heavy atom.